The molecule has 1 aliphatic carbocycles. The van der Waals surface area contributed by atoms with Gasteiger partial charge in [0.1, 0.15) is 0 Å². The summed E-state index contributed by atoms with van der Waals surface area (Å²) in [6, 6.07) is 5.13. The minimum absolute atomic E-state index is 0.151. The van der Waals surface area contributed by atoms with Crippen LogP contribution >= 0.6 is 11.6 Å². The second-order valence-corrected chi connectivity index (χ2v) is 4.51. The van der Waals surface area contributed by atoms with Crippen molar-refractivity contribution < 1.29 is 9.13 Å². The molecule has 2 unspecified atom stereocenters. The summed E-state index contributed by atoms with van der Waals surface area (Å²) in [6.45, 7) is 0. The quantitative estimate of drug-likeness (QED) is 0.702. The molecule has 0 radical (unpaired) electrons. The topological polar surface area (TPSA) is 9.23 Å². The Kier molecular flexibility index (Phi) is 3.15. The van der Waals surface area contributed by atoms with Gasteiger partial charge in [0.25, 0.3) is 0 Å². The molecule has 0 aliphatic heterocycles. The van der Waals surface area contributed by atoms with Crippen molar-refractivity contribution in [2.24, 2.45) is 0 Å². The van der Waals surface area contributed by atoms with Crippen LogP contribution in [0.4, 0.5) is 4.39 Å². The Hall–Kier alpha value is -0.760. The third kappa shape index (κ3) is 2.10. The van der Waals surface area contributed by atoms with Gasteiger partial charge >= 0.3 is 0 Å². The Labute approximate surface area is 94.2 Å². The molecule has 1 aliphatic rings. The molecule has 15 heavy (non-hydrogen) atoms. The van der Waals surface area contributed by atoms with Crippen LogP contribution in [0.25, 0.3) is 0 Å². The van der Waals surface area contributed by atoms with Crippen LogP contribution in [0.3, 0.4) is 0 Å². The van der Waals surface area contributed by atoms with Gasteiger partial charge < -0.3 is 4.74 Å². The van der Waals surface area contributed by atoms with Crippen molar-refractivity contribution in [2.45, 2.75) is 30.6 Å². The van der Waals surface area contributed by atoms with Gasteiger partial charge in [0.2, 0.25) is 0 Å². The van der Waals surface area contributed by atoms with E-state index in [0.29, 0.717) is 11.7 Å². The van der Waals surface area contributed by atoms with Gasteiger partial charge in [0.15, 0.2) is 11.6 Å². The van der Waals surface area contributed by atoms with Crippen LogP contribution in [0.1, 0.15) is 30.7 Å². The number of methoxy groups -OCH3 is 1. The van der Waals surface area contributed by atoms with E-state index in [2.05, 4.69) is 0 Å². The minimum Gasteiger partial charge on any atom is -0.494 e. The predicted molar refractivity (Wildman–Crippen MR) is 59.2 cm³/mol. The summed E-state index contributed by atoms with van der Waals surface area (Å²) >= 11 is 6.19. The van der Waals surface area contributed by atoms with Crippen molar-refractivity contribution in [2.75, 3.05) is 7.11 Å². The predicted octanol–water partition coefficient (Wildman–Crippen LogP) is 3.71. The Bertz CT molecular complexity index is 353. The van der Waals surface area contributed by atoms with Crippen LogP contribution in [0, 0.1) is 5.82 Å². The van der Waals surface area contributed by atoms with Gasteiger partial charge in [-0.05, 0) is 30.5 Å². The Morgan fingerprint density at radius 1 is 1.40 bits per heavy atom. The monoisotopic (exact) mass is 228 g/mol. The lowest BCUT2D eigenvalue weighted by atomic mass is 9.97. The molecule has 1 saturated carbocycles. The fourth-order valence-electron chi connectivity index (χ4n) is 2.20. The third-order valence-corrected chi connectivity index (χ3v) is 3.56. The number of ether oxygens (including phenoxy) is 1. The SMILES string of the molecule is COc1ccc(C2CCCC2Cl)cc1F. The van der Waals surface area contributed by atoms with Gasteiger partial charge in [-0.1, -0.05) is 12.5 Å². The zero-order valence-electron chi connectivity index (χ0n) is 8.67. The van der Waals surface area contributed by atoms with Crippen LogP contribution < -0.4 is 4.74 Å². The molecule has 0 amide bonds. The van der Waals surface area contributed by atoms with E-state index in [1.165, 1.54) is 7.11 Å². The molecular formula is C12H14ClFO. The number of alkyl halides is 1. The zero-order chi connectivity index (χ0) is 10.8. The van der Waals surface area contributed by atoms with Gasteiger partial charge in [-0.15, -0.1) is 11.6 Å². The lowest BCUT2D eigenvalue weighted by Crippen LogP contribution is -2.05. The first kappa shape index (κ1) is 10.7. The van der Waals surface area contributed by atoms with E-state index in [4.69, 9.17) is 16.3 Å². The first-order chi connectivity index (χ1) is 7.22. The Morgan fingerprint density at radius 2 is 2.20 bits per heavy atom. The minimum atomic E-state index is -0.300. The summed E-state index contributed by atoms with van der Waals surface area (Å²) in [7, 11) is 1.47. The maximum Gasteiger partial charge on any atom is 0.165 e. The molecule has 1 nitrogen and oxygen atoms in total. The van der Waals surface area contributed by atoms with E-state index in [0.717, 1.165) is 24.8 Å². The average molecular weight is 229 g/mol. The van der Waals surface area contributed by atoms with Crippen LogP contribution in [-0.2, 0) is 0 Å². The second-order valence-electron chi connectivity index (χ2n) is 3.95. The first-order valence-electron chi connectivity index (χ1n) is 5.20. The number of rotatable bonds is 2. The molecular weight excluding hydrogens is 215 g/mol. The first-order valence-corrected chi connectivity index (χ1v) is 5.63. The van der Waals surface area contributed by atoms with E-state index < -0.39 is 0 Å². The van der Waals surface area contributed by atoms with Crippen LogP contribution in [0.5, 0.6) is 5.75 Å². The van der Waals surface area contributed by atoms with Crippen molar-refractivity contribution in [1.29, 1.82) is 0 Å². The number of hydrogen-bond donors (Lipinski definition) is 0. The highest BCUT2D eigenvalue weighted by Gasteiger charge is 2.27. The van der Waals surface area contributed by atoms with E-state index in [1.54, 1.807) is 12.1 Å². The average Bonchev–Trinajstić information content (AvgIpc) is 2.64. The molecule has 2 rings (SSSR count). The highest BCUT2D eigenvalue weighted by Crippen LogP contribution is 2.38. The number of halogens is 2. The molecule has 0 saturated heterocycles. The molecule has 1 aromatic carbocycles. The largest absolute Gasteiger partial charge is 0.494 e. The molecule has 0 bridgehead atoms. The van der Waals surface area contributed by atoms with E-state index >= 15 is 0 Å². The summed E-state index contributed by atoms with van der Waals surface area (Å²) in [5.74, 6) is 0.292. The molecule has 2 atom stereocenters. The fraction of sp³-hybridized carbons (Fsp3) is 0.500. The second kappa shape index (κ2) is 4.40. The zero-order valence-corrected chi connectivity index (χ0v) is 9.43. The van der Waals surface area contributed by atoms with Crippen molar-refractivity contribution in [1.82, 2.24) is 0 Å². The van der Waals surface area contributed by atoms with Crippen molar-refractivity contribution in [3.8, 4) is 5.75 Å². The van der Waals surface area contributed by atoms with Crippen molar-refractivity contribution in [3.05, 3.63) is 29.6 Å². The molecule has 1 fully saturated rings. The molecule has 0 aromatic heterocycles. The Balaban J connectivity index is 2.25. The molecule has 1 aromatic rings. The van der Waals surface area contributed by atoms with Gasteiger partial charge in [-0.3, -0.25) is 0 Å². The van der Waals surface area contributed by atoms with Crippen LogP contribution in [0.2, 0.25) is 0 Å². The molecule has 3 heteroatoms. The lowest BCUT2D eigenvalue weighted by Gasteiger charge is -2.14. The van der Waals surface area contributed by atoms with Crippen molar-refractivity contribution in [3.63, 3.8) is 0 Å². The van der Waals surface area contributed by atoms with Crippen molar-refractivity contribution >= 4 is 11.6 Å². The number of benzene rings is 1. The molecule has 0 N–H and O–H groups in total. The molecule has 0 spiro atoms. The van der Waals surface area contributed by atoms with Gasteiger partial charge in [-0.2, -0.15) is 0 Å². The van der Waals surface area contributed by atoms with E-state index in [1.807, 2.05) is 6.07 Å². The normalized spacial score (nSPS) is 25.5. The van der Waals surface area contributed by atoms with E-state index in [-0.39, 0.29) is 11.2 Å². The smallest absolute Gasteiger partial charge is 0.165 e. The fourth-order valence-corrected chi connectivity index (χ4v) is 2.63. The third-order valence-electron chi connectivity index (χ3n) is 3.04. The highest BCUT2D eigenvalue weighted by atomic mass is 35.5. The summed E-state index contributed by atoms with van der Waals surface area (Å²) in [5, 5.41) is 0.151. The summed E-state index contributed by atoms with van der Waals surface area (Å²) < 4.78 is 18.3. The van der Waals surface area contributed by atoms with Gasteiger partial charge in [-0.25, -0.2) is 4.39 Å². The summed E-state index contributed by atoms with van der Waals surface area (Å²) in [6.07, 6.45) is 3.21. The highest BCUT2D eigenvalue weighted by molar-refractivity contribution is 6.21. The Morgan fingerprint density at radius 3 is 2.73 bits per heavy atom. The summed E-state index contributed by atoms with van der Waals surface area (Å²) in [4.78, 5) is 0. The maximum absolute atomic E-state index is 13.5. The lowest BCUT2D eigenvalue weighted by molar-refractivity contribution is 0.386. The van der Waals surface area contributed by atoms with Crippen LogP contribution in [-0.4, -0.2) is 12.5 Å². The van der Waals surface area contributed by atoms with E-state index in [9.17, 15) is 4.39 Å². The van der Waals surface area contributed by atoms with Crippen LogP contribution in [0.15, 0.2) is 18.2 Å². The molecule has 0 heterocycles. The maximum atomic E-state index is 13.5. The number of hydrogen-bond acceptors (Lipinski definition) is 1. The molecule has 82 valence electrons. The van der Waals surface area contributed by atoms with Gasteiger partial charge in [0.05, 0.1) is 7.11 Å². The van der Waals surface area contributed by atoms with Gasteiger partial charge in [0, 0.05) is 11.3 Å². The summed E-state index contributed by atoms with van der Waals surface area (Å²) in [5.41, 5.74) is 0.991. The standard InChI is InChI=1S/C12H14ClFO/c1-15-12-6-5-8(7-11(12)14)9-3-2-4-10(9)13/h5-7,9-10H,2-4H2,1H3.